The van der Waals surface area contributed by atoms with Crippen molar-refractivity contribution in [2.24, 2.45) is 0 Å². The molecule has 0 aliphatic rings. The van der Waals surface area contributed by atoms with Crippen LogP contribution in [0.5, 0.6) is 0 Å². The third-order valence-electron chi connectivity index (χ3n) is 2.81. The van der Waals surface area contributed by atoms with Gasteiger partial charge in [-0.1, -0.05) is 0 Å². The Balaban J connectivity index is 2.05. The fourth-order valence-electron chi connectivity index (χ4n) is 1.62. The summed E-state index contributed by atoms with van der Waals surface area (Å²) in [6.07, 6.45) is 0. The van der Waals surface area contributed by atoms with Crippen LogP contribution in [-0.2, 0) is 6.54 Å². The van der Waals surface area contributed by atoms with E-state index < -0.39 is 5.97 Å². The van der Waals surface area contributed by atoms with Crippen LogP contribution in [0.2, 0.25) is 0 Å². The molecular weight excluding hydrogens is 252 g/mol. The van der Waals surface area contributed by atoms with Gasteiger partial charge < -0.3 is 9.52 Å². The van der Waals surface area contributed by atoms with E-state index in [4.69, 9.17) is 9.52 Å². The van der Waals surface area contributed by atoms with E-state index in [0.29, 0.717) is 12.3 Å². The van der Waals surface area contributed by atoms with Crippen LogP contribution in [0.25, 0.3) is 0 Å². The third kappa shape index (κ3) is 2.77. The first-order chi connectivity index (χ1) is 8.58. The lowest BCUT2D eigenvalue weighted by molar-refractivity contribution is 0.0656. The van der Waals surface area contributed by atoms with Gasteiger partial charge in [-0.25, -0.2) is 9.78 Å². The SMILES string of the molecule is CC(c1ccc(C(=O)O)o1)N(C)Cc1cscn1. The topological polar surface area (TPSA) is 66.6 Å². The summed E-state index contributed by atoms with van der Waals surface area (Å²) in [7, 11) is 1.95. The molecule has 2 rings (SSSR count). The first-order valence-corrected chi connectivity index (χ1v) is 6.42. The van der Waals surface area contributed by atoms with Crippen molar-refractivity contribution in [3.63, 3.8) is 0 Å². The van der Waals surface area contributed by atoms with Gasteiger partial charge in [0.25, 0.3) is 0 Å². The van der Waals surface area contributed by atoms with E-state index in [1.54, 1.807) is 22.9 Å². The molecule has 1 N–H and O–H groups in total. The van der Waals surface area contributed by atoms with Gasteiger partial charge in [-0.3, -0.25) is 4.90 Å². The summed E-state index contributed by atoms with van der Waals surface area (Å²) in [5.41, 5.74) is 2.79. The highest BCUT2D eigenvalue weighted by Crippen LogP contribution is 2.22. The molecule has 0 aliphatic carbocycles. The van der Waals surface area contributed by atoms with Crippen LogP contribution in [-0.4, -0.2) is 28.0 Å². The zero-order valence-electron chi connectivity index (χ0n) is 10.2. The number of carboxylic acid groups (broad SMARTS) is 1. The summed E-state index contributed by atoms with van der Waals surface area (Å²) >= 11 is 1.56. The third-order valence-corrected chi connectivity index (χ3v) is 3.44. The van der Waals surface area contributed by atoms with Crippen LogP contribution in [0, 0.1) is 0 Å². The number of hydrogen-bond donors (Lipinski definition) is 1. The van der Waals surface area contributed by atoms with Crippen molar-refractivity contribution in [3.8, 4) is 0 Å². The van der Waals surface area contributed by atoms with Crippen molar-refractivity contribution in [2.75, 3.05) is 7.05 Å². The molecule has 0 radical (unpaired) electrons. The second-order valence-electron chi connectivity index (χ2n) is 4.08. The summed E-state index contributed by atoms with van der Waals surface area (Å²) in [4.78, 5) is 17.0. The molecule has 96 valence electrons. The number of aromatic nitrogens is 1. The van der Waals surface area contributed by atoms with E-state index in [1.807, 2.05) is 19.4 Å². The number of thiazole rings is 1. The summed E-state index contributed by atoms with van der Waals surface area (Å²) in [5.74, 6) is -0.431. The fourth-order valence-corrected chi connectivity index (χ4v) is 2.17. The van der Waals surface area contributed by atoms with Gasteiger partial charge in [0.05, 0.1) is 17.2 Å². The highest BCUT2D eigenvalue weighted by Gasteiger charge is 2.18. The number of carboxylic acids is 1. The van der Waals surface area contributed by atoms with Gasteiger partial charge in [0.1, 0.15) is 5.76 Å². The van der Waals surface area contributed by atoms with Crippen molar-refractivity contribution in [1.29, 1.82) is 0 Å². The number of hydrogen-bond acceptors (Lipinski definition) is 5. The Morgan fingerprint density at radius 3 is 2.94 bits per heavy atom. The van der Waals surface area contributed by atoms with E-state index in [-0.39, 0.29) is 11.8 Å². The van der Waals surface area contributed by atoms with Crippen molar-refractivity contribution in [2.45, 2.75) is 19.5 Å². The molecule has 0 saturated heterocycles. The summed E-state index contributed by atoms with van der Waals surface area (Å²) < 4.78 is 5.29. The minimum Gasteiger partial charge on any atom is -0.475 e. The van der Waals surface area contributed by atoms with E-state index in [2.05, 4.69) is 9.88 Å². The predicted octanol–water partition coefficient (Wildman–Crippen LogP) is 2.63. The highest BCUT2D eigenvalue weighted by atomic mass is 32.1. The van der Waals surface area contributed by atoms with Crippen LogP contribution >= 0.6 is 11.3 Å². The normalized spacial score (nSPS) is 12.8. The lowest BCUT2D eigenvalue weighted by Crippen LogP contribution is -2.21. The Kier molecular flexibility index (Phi) is 3.78. The largest absolute Gasteiger partial charge is 0.475 e. The monoisotopic (exact) mass is 266 g/mol. The fraction of sp³-hybridized carbons (Fsp3) is 0.333. The maximum Gasteiger partial charge on any atom is 0.371 e. The first-order valence-electron chi connectivity index (χ1n) is 5.48. The Bertz CT molecular complexity index is 521. The first kappa shape index (κ1) is 12.8. The smallest absolute Gasteiger partial charge is 0.371 e. The number of nitrogens with zero attached hydrogens (tertiary/aromatic N) is 2. The van der Waals surface area contributed by atoms with E-state index in [1.165, 1.54) is 6.07 Å². The van der Waals surface area contributed by atoms with Gasteiger partial charge in [-0.05, 0) is 26.1 Å². The minimum atomic E-state index is -1.05. The number of rotatable bonds is 5. The minimum absolute atomic E-state index is 0.000185. The lowest BCUT2D eigenvalue weighted by atomic mass is 10.2. The summed E-state index contributed by atoms with van der Waals surface area (Å²) in [6, 6.07) is 3.18. The average molecular weight is 266 g/mol. The zero-order valence-corrected chi connectivity index (χ0v) is 11.0. The standard InChI is InChI=1S/C12H14N2O3S/c1-8(10-3-4-11(17-10)12(15)16)14(2)5-9-6-18-7-13-9/h3-4,6-8H,5H2,1-2H3,(H,15,16). The molecule has 0 fully saturated rings. The van der Waals surface area contributed by atoms with Gasteiger partial charge in [-0.15, -0.1) is 11.3 Å². The quantitative estimate of drug-likeness (QED) is 0.901. The van der Waals surface area contributed by atoms with Crippen LogP contribution in [0.15, 0.2) is 27.4 Å². The lowest BCUT2D eigenvalue weighted by Gasteiger charge is -2.21. The van der Waals surface area contributed by atoms with Crippen molar-refractivity contribution >= 4 is 17.3 Å². The van der Waals surface area contributed by atoms with Crippen molar-refractivity contribution < 1.29 is 14.3 Å². The van der Waals surface area contributed by atoms with Crippen molar-refractivity contribution in [3.05, 3.63) is 40.2 Å². The maximum absolute atomic E-state index is 10.7. The molecule has 6 heteroatoms. The molecule has 0 aromatic carbocycles. The van der Waals surface area contributed by atoms with E-state index in [0.717, 1.165) is 5.69 Å². The molecule has 2 aromatic heterocycles. The van der Waals surface area contributed by atoms with Gasteiger partial charge in [0, 0.05) is 11.9 Å². The van der Waals surface area contributed by atoms with Gasteiger partial charge in [0.2, 0.25) is 5.76 Å². The molecule has 0 saturated carbocycles. The molecule has 0 aliphatic heterocycles. The highest BCUT2D eigenvalue weighted by molar-refractivity contribution is 7.07. The molecular formula is C12H14N2O3S. The van der Waals surface area contributed by atoms with E-state index in [9.17, 15) is 4.79 Å². The Morgan fingerprint density at radius 2 is 2.39 bits per heavy atom. The number of furan rings is 1. The van der Waals surface area contributed by atoms with Gasteiger partial charge in [-0.2, -0.15) is 0 Å². The molecule has 1 unspecified atom stereocenters. The molecule has 18 heavy (non-hydrogen) atoms. The summed E-state index contributed by atoms with van der Waals surface area (Å²) in [5, 5.41) is 10.8. The Morgan fingerprint density at radius 1 is 1.61 bits per heavy atom. The molecule has 2 aromatic rings. The van der Waals surface area contributed by atoms with Gasteiger partial charge >= 0.3 is 5.97 Å². The Hall–Kier alpha value is -1.66. The molecule has 2 heterocycles. The van der Waals surface area contributed by atoms with Crippen molar-refractivity contribution in [1.82, 2.24) is 9.88 Å². The molecule has 5 nitrogen and oxygen atoms in total. The second kappa shape index (κ2) is 5.32. The van der Waals surface area contributed by atoms with Crippen LogP contribution in [0.4, 0.5) is 0 Å². The molecule has 0 amide bonds. The Labute approximate surface area is 109 Å². The van der Waals surface area contributed by atoms with Crippen LogP contribution in [0.3, 0.4) is 0 Å². The summed E-state index contributed by atoms with van der Waals surface area (Å²) in [6.45, 7) is 2.67. The second-order valence-corrected chi connectivity index (χ2v) is 4.80. The van der Waals surface area contributed by atoms with Gasteiger partial charge in [0.15, 0.2) is 0 Å². The molecule has 0 spiro atoms. The van der Waals surface area contributed by atoms with Crippen LogP contribution < -0.4 is 0 Å². The molecule has 1 atom stereocenters. The maximum atomic E-state index is 10.7. The predicted molar refractivity (Wildman–Crippen MR) is 67.7 cm³/mol. The van der Waals surface area contributed by atoms with E-state index >= 15 is 0 Å². The van der Waals surface area contributed by atoms with Crippen LogP contribution in [0.1, 0.15) is 35.0 Å². The number of aromatic carboxylic acids is 1. The molecule has 0 bridgehead atoms. The number of carbonyl (C=O) groups is 1. The average Bonchev–Trinajstić information content (AvgIpc) is 2.98. The zero-order chi connectivity index (χ0) is 13.1.